The van der Waals surface area contributed by atoms with Gasteiger partial charge in [-0.05, 0) is 26.2 Å². The highest BCUT2D eigenvalue weighted by Crippen LogP contribution is 2.26. The van der Waals surface area contributed by atoms with Crippen LogP contribution in [0.5, 0.6) is 0 Å². The molecule has 1 aliphatic rings. The minimum atomic E-state index is 0.417. The molecule has 1 aromatic heterocycles. The quantitative estimate of drug-likeness (QED) is 0.827. The summed E-state index contributed by atoms with van der Waals surface area (Å²) in [5.41, 5.74) is 8.06. The Labute approximate surface area is 96.2 Å². The van der Waals surface area contributed by atoms with Gasteiger partial charge in [0.1, 0.15) is 11.6 Å². The van der Waals surface area contributed by atoms with Crippen LogP contribution in [0.15, 0.2) is 0 Å². The van der Waals surface area contributed by atoms with Gasteiger partial charge in [-0.1, -0.05) is 6.92 Å². The Hall–Kier alpha value is -1.16. The number of rotatable bonds is 2. The fraction of sp³-hybridized carbons (Fsp3) is 0.667. The van der Waals surface area contributed by atoms with Crippen molar-refractivity contribution < 1.29 is 4.74 Å². The lowest BCUT2D eigenvalue weighted by atomic mass is 9.99. The molecule has 4 nitrogen and oxygen atoms in total. The first-order chi connectivity index (χ1) is 7.72. The molecular formula is C12H19N3O. The summed E-state index contributed by atoms with van der Waals surface area (Å²) >= 11 is 0. The fourth-order valence-corrected chi connectivity index (χ4v) is 2.22. The van der Waals surface area contributed by atoms with Gasteiger partial charge in [0.2, 0.25) is 0 Å². The van der Waals surface area contributed by atoms with E-state index in [9.17, 15) is 0 Å². The van der Waals surface area contributed by atoms with E-state index < -0.39 is 0 Å². The Morgan fingerprint density at radius 2 is 2.00 bits per heavy atom. The topological polar surface area (TPSA) is 61.0 Å². The molecule has 0 atom stereocenters. The van der Waals surface area contributed by atoms with Crippen LogP contribution in [0.2, 0.25) is 0 Å². The molecule has 2 N–H and O–H groups in total. The first kappa shape index (κ1) is 11.3. The Bertz CT molecular complexity index is 350. The van der Waals surface area contributed by atoms with Crippen LogP contribution in [0.1, 0.15) is 42.8 Å². The first-order valence-corrected chi connectivity index (χ1v) is 5.93. The minimum Gasteiger partial charge on any atom is -0.383 e. The largest absolute Gasteiger partial charge is 0.383 e. The summed E-state index contributed by atoms with van der Waals surface area (Å²) in [7, 11) is 0. The highest BCUT2D eigenvalue weighted by molar-refractivity contribution is 5.42. The van der Waals surface area contributed by atoms with Gasteiger partial charge in [-0.15, -0.1) is 0 Å². The average Bonchev–Trinajstić information content (AvgIpc) is 2.30. The summed E-state index contributed by atoms with van der Waals surface area (Å²) in [5.74, 6) is 1.97. The molecule has 0 spiro atoms. The summed E-state index contributed by atoms with van der Waals surface area (Å²) < 4.78 is 5.34. The normalized spacial score (nSPS) is 17.6. The predicted octanol–water partition coefficient (Wildman–Crippen LogP) is 1.82. The standard InChI is InChI=1S/C12H19N3O/c1-3-10-8(2)14-12(15-11(10)13)9-4-6-16-7-5-9/h9H,3-7H2,1-2H3,(H2,13,14,15). The highest BCUT2D eigenvalue weighted by atomic mass is 16.5. The second-order valence-electron chi connectivity index (χ2n) is 4.27. The number of aryl methyl sites for hydroxylation is 1. The van der Waals surface area contributed by atoms with Gasteiger partial charge in [-0.25, -0.2) is 9.97 Å². The molecule has 0 amide bonds. The molecule has 1 aromatic rings. The fourth-order valence-electron chi connectivity index (χ4n) is 2.22. The molecule has 1 fully saturated rings. The Morgan fingerprint density at radius 1 is 1.31 bits per heavy atom. The molecule has 4 heteroatoms. The molecular weight excluding hydrogens is 202 g/mol. The summed E-state index contributed by atoms with van der Waals surface area (Å²) in [5, 5.41) is 0. The Balaban J connectivity index is 2.28. The lowest BCUT2D eigenvalue weighted by Crippen LogP contribution is -2.18. The van der Waals surface area contributed by atoms with Gasteiger partial charge < -0.3 is 10.5 Å². The van der Waals surface area contributed by atoms with E-state index in [2.05, 4.69) is 16.9 Å². The molecule has 16 heavy (non-hydrogen) atoms. The van der Waals surface area contributed by atoms with E-state index in [1.165, 1.54) is 0 Å². The number of aromatic nitrogens is 2. The van der Waals surface area contributed by atoms with Crippen molar-refractivity contribution in [1.82, 2.24) is 9.97 Å². The van der Waals surface area contributed by atoms with Gasteiger partial charge in [-0.2, -0.15) is 0 Å². The maximum Gasteiger partial charge on any atom is 0.134 e. The van der Waals surface area contributed by atoms with E-state index in [1.807, 2.05) is 6.92 Å². The van der Waals surface area contributed by atoms with Crippen LogP contribution in [0, 0.1) is 6.92 Å². The molecule has 0 unspecified atom stereocenters. The number of nitrogens with zero attached hydrogens (tertiary/aromatic N) is 2. The molecule has 2 heterocycles. The lowest BCUT2D eigenvalue weighted by Gasteiger charge is -2.21. The van der Waals surface area contributed by atoms with Crippen molar-refractivity contribution in [2.45, 2.75) is 39.0 Å². The van der Waals surface area contributed by atoms with Crippen molar-refractivity contribution in [3.05, 3.63) is 17.1 Å². The third-order valence-electron chi connectivity index (χ3n) is 3.20. The molecule has 2 rings (SSSR count). The summed E-state index contributed by atoms with van der Waals surface area (Å²) in [6, 6.07) is 0. The van der Waals surface area contributed by atoms with Crippen molar-refractivity contribution in [1.29, 1.82) is 0 Å². The van der Waals surface area contributed by atoms with Gasteiger partial charge >= 0.3 is 0 Å². The van der Waals surface area contributed by atoms with E-state index in [0.29, 0.717) is 11.7 Å². The molecule has 88 valence electrons. The maximum atomic E-state index is 5.96. The number of hydrogen-bond acceptors (Lipinski definition) is 4. The molecule has 0 aliphatic carbocycles. The maximum absolute atomic E-state index is 5.96. The van der Waals surface area contributed by atoms with Crippen LogP contribution in [0.25, 0.3) is 0 Å². The van der Waals surface area contributed by atoms with E-state index in [4.69, 9.17) is 10.5 Å². The first-order valence-electron chi connectivity index (χ1n) is 5.93. The van der Waals surface area contributed by atoms with Crippen molar-refractivity contribution >= 4 is 5.82 Å². The molecule has 1 aliphatic heterocycles. The lowest BCUT2D eigenvalue weighted by molar-refractivity contribution is 0.0835. The van der Waals surface area contributed by atoms with Gasteiger partial charge in [0.05, 0.1) is 0 Å². The third kappa shape index (κ3) is 2.16. The van der Waals surface area contributed by atoms with Crippen LogP contribution in [0.3, 0.4) is 0 Å². The van der Waals surface area contributed by atoms with E-state index in [0.717, 1.165) is 49.6 Å². The minimum absolute atomic E-state index is 0.417. The molecule has 1 saturated heterocycles. The highest BCUT2D eigenvalue weighted by Gasteiger charge is 2.20. The number of nitrogens with two attached hydrogens (primary N) is 1. The second-order valence-corrected chi connectivity index (χ2v) is 4.27. The van der Waals surface area contributed by atoms with Crippen LogP contribution in [-0.2, 0) is 11.2 Å². The zero-order chi connectivity index (χ0) is 11.5. The molecule has 0 bridgehead atoms. The molecule has 0 aromatic carbocycles. The number of anilines is 1. The Morgan fingerprint density at radius 3 is 2.56 bits per heavy atom. The SMILES string of the molecule is CCc1c(C)nc(C2CCOCC2)nc1N. The van der Waals surface area contributed by atoms with Gasteiger partial charge in [0.15, 0.2) is 0 Å². The van der Waals surface area contributed by atoms with Gasteiger partial charge in [-0.3, -0.25) is 0 Å². The van der Waals surface area contributed by atoms with Crippen molar-refractivity contribution in [2.24, 2.45) is 0 Å². The Kier molecular flexibility index (Phi) is 3.39. The van der Waals surface area contributed by atoms with Crippen LogP contribution >= 0.6 is 0 Å². The number of hydrogen-bond donors (Lipinski definition) is 1. The summed E-state index contributed by atoms with van der Waals surface area (Å²) in [4.78, 5) is 9.02. The van der Waals surface area contributed by atoms with Crippen molar-refractivity contribution in [3.63, 3.8) is 0 Å². The van der Waals surface area contributed by atoms with Gasteiger partial charge in [0.25, 0.3) is 0 Å². The van der Waals surface area contributed by atoms with E-state index in [-0.39, 0.29) is 0 Å². The van der Waals surface area contributed by atoms with E-state index >= 15 is 0 Å². The van der Waals surface area contributed by atoms with Crippen LogP contribution in [-0.4, -0.2) is 23.2 Å². The number of ether oxygens (including phenoxy) is 1. The molecule has 0 saturated carbocycles. The van der Waals surface area contributed by atoms with Crippen molar-refractivity contribution in [3.8, 4) is 0 Å². The zero-order valence-corrected chi connectivity index (χ0v) is 9.99. The third-order valence-corrected chi connectivity index (χ3v) is 3.20. The van der Waals surface area contributed by atoms with Crippen LogP contribution in [0.4, 0.5) is 5.82 Å². The summed E-state index contributed by atoms with van der Waals surface area (Å²) in [6.07, 6.45) is 2.90. The van der Waals surface area contributed by atoms with Crippen molar-refractivity contribution in [2.75, 3.05) is 18.9 Å². The van der Waals surface area contributed by atoms with Gasteiger partial charge in [0, 0.05) is 30.4 Å². The number of nitrogen functional groups attached to an aromatic ring is 1. The van der Waals surface area contributed by atoms with Crippen LogP contribution < -0.4 is 5.73 Å². The average molecular weight is 221 g/mol. The smallest absolute Gasteiger partial charge is 0.134 e. The zero-order valence-electron chi connectivity index (χ0n) is 9.99. The molecule has 0 radical (unpaired) electrons. The predicted molar refractivity (Wildman–Crippen MR) is 63.4 cm³/mol. The second kappa shape index (κ2) is 4.78. The van der Waals surface area contributed by atoms with E-state index in [1.54, 1.807) is 0 Å². The monoisotopic (exact) mass is 221 g/mol. The summed E-state index contributed by atoms with van der Waals surface area (Å²) in [6.45, 7) is 5.71.